The summed E-state index contributed by atoms with van der Waals surface area (Å²) in [5.41, 5.74) is 5.29. The van der Waals surface area contributed by atoms with Crippen molar-refractivity contribution in [2.24, 2.45) is 17.1 Å². The van der Waals surface area contributed by atoms with E-state index in [0.717, 1.165) is 12.8 Å². The Hall–Kier alpha value is -1.14. The van der Waals surface area contributed by atoms with Crippen LogP contribution in [0.25, 0.3) is 0 Å². The molecule has 19 heavy (non-hydrogen) atoms. The maximum absolute atomic E-state index is 12.0. The van der Waals surface area contributed by atoms with Crippen LogP contribution in [0.4, 0.5) is 0 Å². The second-order valence-corrected chi connectivity index (χ2v) is 5.35. The molecule has 1 aliphatic rings. The Kier molecular flexibility index (Phi) is 6.24. The third kappa shape index (κ3) is 4.47. The fourth-order valence-corrected chi connectivity index (χ4v) is 2.58. The summed E-state index contributed by atoms with van der Waals surface area (Å²) in [5, 5.41) is 5.51. The molecule has 6 heteroatoms. The van der Waals surface area contributed by atoms with Gasteiger partial charge in [-0.3, -0.25) is 9.59 Å². The first kappa shape index (κ1) is 15.9. The van der Waals surface area contributed by atoms with E-state index in [1.807, 2.05) is 0 Å². The number of nitrogens with two attached hydrogens (primary N) is 1. The third-order valence-corrected chi connectivity index (χ3v) is 3.62. The Morgan fingerprint density at radius 3 is 2.53 bits per heavy atom. The highest BCUT2D eigenvalue weighted by Gasteiger charge is 2.46. The summed E-state index contributed by atoms with van der Waals surface area (Å²) in [4.78, 5) is 23.4. The molecular formula is C13H25N3O3. The molecule has 0 spiro atoms. The minimum atomic E-state index is -0.397. The number of hydrogen-bond acceptors (Lipinski definition) is 4. The van der Waals surface area contributed by atoms with E-state index in [1.54, 1.807) is 7.11 Å². The predicted octanol–water partition coefficient (Wildman–Crippen LogP) is -0.370. The van der Waals surface area contributed by atoms with Crippen LogP contribution in [-0.2, 0) is 14.3 Å². The lowest BCUT2D eigenvalue weighted by Gasteiger charge is -2.44. The maximum atomic E-state index is 12.0. The van der Waals surface area contributed by atoms with Crippen molar-refractivity contribution >= 4 is 11.8 Å². The summed E-state index contributed by atoms with van der Waals surface area (Å²) in [6.07, 6.45) is 1.97. The Morgan fingerprint density at radius 1 is 1.32 bits per heavy atom. The summed E-state index contributed by atoms with van der Waals surface area (Å²) in [7, 11) is 1.58. The number of hydrogen-bond donors (Lipinski definition) is 3. The molecule has 6 nitrogen and oxygen atoms in total. The molecule has 0 aliphatic heterocycles. The minimum absolute atomic E-state index is 0.0159. The lowest BCUT2D eigenvalue weighted by molar-refractivity contribution is -0.138. The quantitative estimate of drug-likeness (QED) is 0.525. The molecule has 1 rings (SSSR count). The van der Waals surface area contributed by atoms with E-state index < -0.39 is 5.41 Å². The van der Waals surface area contributed by atoms with Crippen molar-refractivity contribution in [3.63, 3.8) is 0 Å². The standard InChI is InChI=1S/C13H25N3O3/c1-10-7-13(8-10,9-14)12(18)16-4-3-11(17)15-5-6-19-2/h10H,3-9,14H2,1-2H3,(H,15,17)(H,16,18). The van der Waals surface area contributed by atoms with E-state index >= 15 is 0 Å². The number of nitrogens with one attached hydrogen (secondary N) is 2. The van der Waals surface area contributed by atoms with Gasteiger partial charge in [0.2, 0.25) is 11.8 Å². The van der Waals surface area contributed by atoms with Gasteiger partial charge in [-0.25, -0.2) is 0 Å². The molecule has 0 saturated heterocycles. The molecule has 0 heterocycles. The summed E-state index contributed by atoms with van der Waals surface area (Å²) in [5.74, 6) is 0.463. The lowest BCUT2D eigenvalue weighted by atomic mass is 9.62. The summed E-state index contributed by atoms with van der Waals surface area (Å²) >= 11 is 0. The summed E-state index contributed by atoms with van der Waals surface area (Å²) in [6, 6.07) is 0. The highest BCUT2D eigenvalue weighted by Crippen LogP contribution is 2.44. The molecule has 1 aliphatic carbocycles. The number of rotatable bonds is 8. The molecule has 0 aromatic carbocycles. The second kappa shape index (κ2) is 7.45. The molecule has 2 amide bonds. The van der Waals surface area contributed by atoms with Crippen LogP contribution in [0.5, 0.6) is 0 Å². The molecule has 0 atom stereocenters. The van der Waals surface area contributed by atoms with Crippen molar-refractivity contribution in [2.75, 3.05) is 33.4 Å². The van der Waals surface area contributed by atoms with Gasteiger partial charge in [0, 0.05) is 33.2 Å². The first-order valence-corrected chi connectivity index (χ1v) is 6.78. The smallest absolute Gasteiger partial charge is 0.227 e. The average molecular weight is 271 g/mol. The number of amides is 2. The van der Waals surface area contributed by atoms with Crippen LogP contribution in [-0.4, -0.2) is 45.2 Å². The van der Waals surface area contributed by atoms with Crippen molar-refractivity contribution in [3.05, 3.63) is 0 Å². The van der Waals surface area contributed by atoms with E-state index in [1.165, 1.54) is 0 Å². The van der Waals surface area contributed by atoms with Crippen LogP contribution in [0.2, 0.25) is 0 Å². The van der Waals surface area contributed by atoms with Crippen LogP contribution in [0, 0.1) is 11.3 Å². The van der Waals surface area contributed by atoms with Crippen molar-refractivity contribution < 1.29 is 14.3 Å². The van der Waals surface area contributed by atoms with E-state index in [0.29, 0.717) is 32.2 Å². The maximum Gasteiger partial charge on any atom is 0.227 e. The van der Waals surface area contributed by atoms with E-state index in [-0.39, 0.29) is 18.2 Å². The van der Waals surface area contributed by atoms with Crippen LogP contribution in [0.1, 0.15) is 26.2 Å². The van der Waals surface area contributed by atoms with Crippen molar-refractivity contribution in [1.29, 1.82) is 0 Å². The average Bonchev–Trinajstić information content (AvgIpc) is 2.34. The number of ether oxygens (including phenoxy) is 1. The van der Waals surface area contributed by atoms with Crippen LogP contribution in [0.3, 0.4) is 0 Å². The normalized spacial score (nSPS) is 25.5. The number of methoxy groups -OCH3 is 1. The van der Waals surface area contributed by atoms with E-state index in [9.17, 15) is 9.59 Å². The van der Waals surface area contributed by atoms with E-state index in [4.69, 9.17) is 10.5 Å². The van der Waals surface area contributed by atoms with Crippen molar-refractivity contribution in [2.45, 2.75) is 26.2 Å². The molecular weight excluding hydrogens is 246 g/mol. The molecule has 0 aromatic heterocycles. The van der Waals surface area contributed by atoms with Gasteiger partial charge in [0.25, 0.3) is 0 Å². The van der Waals surface area contributed by atoms with Gasteiger partial charge in [0.1, 0.15) is 0 Å². The highest BCUT2D eigenvalue weighted by molar-refractivity contribution is 5.84. The Bertz CT molecular complexity index is 314. The summed E-state index contributed by atoms with van der Waals surface area (Å²) in [6.45, 7) is 3.83. The zero-order chi connectivity index (χ0) is 14.3. The van der Waals surface area contributed by atoms with Crippen LogP contribution in [0.15, 0.2) is 0 Å². The summed E-state index contributed by atoms with van der Waals surface area (Å²) < 4.78 is 4.83. The zero-order valence-corrected chi connectivity index (χ0v) is 11.8. The largest absolute Gasteiger partial charge is 0.383 e. The molecule has 0 aromatic rings. The molecule has 1 fully saturated rings. The molecule has 110 valence electrons. The third-order valence-electron chi connectivity index (χ3n) is 3.62. The molecule has 0 unspecified atom stereocenters. The zero-order valence-electron chi connectivity index (χ0n) is 11.8. The van der Waals surface area contributed by atoms with E-state index in [2.05, 4.69) is 17.6 Å². The van der Waals surface area contributed by atoms with Gasteiger partial charge in [0.05, 0.1) is 12.0 Å². The SMILES string of the molecule is COCCNC(=O)CCNC(=O)C1(CN)CC(C)C1. The van der Waals surface area contributed by atoms with Gasteiger partial charge < -0.3 is 21.1 Å². The Labute approximate surface area is 114 Å². The first-order chi connectivity index (χ1) is 9.04. The molecule has 4 N–H and O–H groups in total. The van der Waals surface area contributed by atoms with Crippen LogP contribution < -0.4 is 16.4 Å². The first-order valence-electron chi connectivity index (χ1n) is 6.78. The minimum Gasteiger partial charge on any atom is -0.383 e. The monoisotopic (exact) mass is 271 g/mol. The van der Waals surface area contributed by atoms with Crippen molar-refractivity contribution in [3.8, 4) is 0 Å². The van der Waals surface area contributed by atoms with Gasteiger partial charge in [-0.1, -0.05) is 6.92 Å². The second-order valence-electron chi connectivity index (χ2n) is 5.35. The van der Waals surface area contributed by atoms with Gasteiger partial charge in [-0.2, -0.15) is 0 Å². The van der Waals surface area contributed by atoms with Gasteiger partial charge >= 0.3 is 0 Å². The predicted molar refractivity (Wildman–Crippen MR) is 72.4 cm³/mol. The highest BCUT2D eigenvalue weighted by atomic mass is 16.5. The lowest BCUT2D eigenvalue weighted by Crippen LogP contribution is -2.53. The fourth-order valence-electron chi connectivity index (χ4n) is 2.58. The fraction of sp³-hybridized carbons (Fsp3) is 0.846. The molecule has 1 saturated carbocycles. The Balaban J connectivity index is 2.18. The Morgan fingerprint density at radius 2 is 2.00 bits per heavy atom. The number of carbonyl (C=O) groups excluding carboxylic acids is 2. The van der Waals surface area contributed by atoms with Gasteiger partial charge in [-0.15, -0.1) is 0 Å². The number of carbonyl (C=O) groups is 2. The van der Waals surface area contributed by atoms with Gasteiger partial charge in [0.15, 0.2) is 0 Å². The van der Waals surface area contributed by atoms with Gasteiger partial charge in [-0.05, 0) is 18.8 Å². The molecule has 0 bridgehead atoms. The van der Waals surface area contributed by atoms with Crippen LogP contribution >= 0.6 is 0 Å². The molecule has 0 radical (unpaired) electrons. The van der Waals surface area contributed by atoms with Crippen molar-refractivity contribution in [1.82, 2.24) is 10.6 Å². The topological polar surface area (TPSA) is 93.5 Å².